The number of carbonyl (C=O) groups is 2. The molecule has 1 heterocycles. The second-order valence-electron chi connectivity index (χ2n) is 4.54. The van der Waals surface area contributed by atoms with Crippen molar-refractivity contribution in [3.05, 3.63) is 34.7 Å². The standard InChI is InChI=1S/C14H20N2O4/c17-12(15-9-5-8-14(19)20)6-1-3-10-16-11-4-2-7-13(16)18/h2,4,7,11H,1,3,5-6,8-10H2,(H,15,17)(H,19,20). The molecule has 0 aliphatic carbocycles. The van der Waals surface area contributed by atoms with Crippen molar-refractivity contribution in [3.63, 3.8) is 0 Å². The SMILES string of the molecule is O=C(O)CCCNC(=O)CCCCn1ccccc1=O. The van der Waals surface area contributed by atoms with Gasteiger partial charge in [-0.25, -0.2) is 0 Å². The molecule has 0 saturated carbocycles. The minimum atomic E-state index is -0.854. The van der Waals surface area contributed by atoms with Crippen molar-refractivity contribution in [2.45, 2.75) is 38.6 Å². The third-order valence-corrected chi connectivity index (χ3v) is 2.84. The van der Waals surface area contributed by atoms with E-state index in [2.05, 4.69) is 5.32 Å². The molecule has 1 aromatic rings. The van der Waals surface area contributed by atoms with Crippen LogP contribution in [0.15, 0.2) is 29.2 Å². The van der Waals surface area contributed by atoms with E-state index in [1.807, 2.05) is 0 Å². The van der Waals surface area contributed by atoms with Gasteiger partial charge in [-0.1, -0.05) is 6.07 Å². The summed E-state index contributed by atoms with van der Waals surface area (Å²) < 4.78 is 1.62. The van der Waals surface area contributed by atoms with Crippen molar-refractivity contribution < 1.29 is 14.7 Å². The predicted octanol–water partition coefficient (Wildman–Crippen LogP) is 1.000. The zero-order valence-corrected chi connectivity index (χ0v) is 11.4. The summed E-state index contributed by atoms with van der Waals surface area (Å²) in [6.45, 7) is 0.995. The summed E-state index contributed by atoms with van der Waals surface area (Å²) in [6, 6.07) is 5.01. The molecule has 0 bridgehead atoms. The molecule has 0 saturated heterocycles. The van der Waals surface area contributed by atoms with E-state index < -0.39 is 5.97 Å². The minimum Gasteiger partial charge on any atom is -0.481 e. The van der Waals surface area contributed by atoms with Gasteiger partial charge in [0.15, 0.2) is 0 Å². The van der Waals surface area contributed by atoms with Crippen LogP contribution in [-0.4, -0.2) is 28.1 Å². The third-order valence-electron chi connectivity index (χ3n) is 2.84. The molecule has 2 N–H and O–H groups in total. The lowest BCUT2D eigenvalue weighted by Crippen LogP contribution is -2.24. The van der Waals surface area contributed by atoms with E-state index in [1.54, 1.807) is 22.9 Å². The Labute approximate surface area is 117 Å². The van der Waals surface area contributed by atoms with Crippen LogP contribution in [0.25, 0.3) is 0 Å². The maximum absolute atomic E-state index is 11.4. The fourth-order valence-corrected chi connectivity index (χ4v) is 1.77. The highest BCUT2D eigenvalue weighted by molar-refractivity contribution is 5.75. The minimum absolute atomic E-state index is 0.0365. The lowest BCUT2D eigenvalue weighted by atomic mass is 10.2. The van der Waals surface area contributed by atoms with Crippen molar-refractivity contribution >= 4 is 11.9 Å². The zero-order chi connectivity index (χ0) is 14.8. The third kappa shape index (κ3) is 6.72. The fraction of sp³-hybridized carbons (Fsp3) is 0.500. The molecule has 6 heteroatoms. The van der Waals surface area contributed by atoms with E-state index in [1.165, 1.54) is 6.07 Å². The van der Waals surface area contributed by atoms with Crippen LogP contribution in [-0.2, 0) is 16.1 Å². The summed E-state index contributed by atoms with van der Waals surface area (Å²) >= 11 is 0. The first-order chi connectivity index (χ1) is 9.59. The maximum Gasteiger partial charge on any atom is 0.303 e. The van der Waals surface area contributed by atoms with Crippen molar-refractivity contribution in [1.82, 2.24) is 9.88 Å². The van der Waals surface area contributed by atoms with Gasteiger partial charge in [0, 0.05) is 38.2 Å². The molecule has 0 fully saturated rings. The van der Waals surface area contributed by atoms with Crippen LogP contribution >= 0.6 is 0 Å². The topological polar surface area (TPSA) is 88.4 Å². The van der Waals surface area contributed by atoms with Gasteiger partial charge in [0.25, 0.3) is 0 Å². The Balaban J connectivity index is 2.09. The summed E-state index contributed by atoms with van der Waals surface area (Å²) in [7, 11) is 0. The fourth-order valence-electron chi connectivity index (χ4n) is 1.77. The molecular formula is C14H20N2O4. The van der Waals surface area contributed by atoms with Gasteiger partial charge in [-0.2, -0.15) is 0 Å². The molecule has 6 nitrogen and oxygen atoms in total. The number of unbranched alkanes of at least 4 members (excludes halogenated alkanes) is 1. The lowest BCUT2D eigenvalue weighted by molar-refractivity contribution is -0.137. The van der Waals surface area contributed by atoms with E-state index in [0.29, 0.717) is 32.4 Å². The average Bonchev–Trinajstić information content (AvgIpc) is 2.41. The van der Waals surface area contributed by atoms with E-state index in [4.69, 9.17) is 5.11 Å². The van der Waals surface area contributed by atoms with Crippen molar-refractivity contribution in [2.24, 2.45) is 0 Å². The molecule has 1 amide bonds. The van der Waals surface area contributed by atoms with Gasteiger partial charge in [0.05, 0.1) is 0 Å². The van der Waals surface area contributed by atoms with Crippen LogP contribution < -0.4 is 10.9 Å². The Bertz CT molecular complexity index is 496. The first-order valence-electron chi connectivity index (χ1n) is 6.73. The number of nitrogens with one attached hydrogen (secondary N) is 1. The molecule has 0 unspecified atom stereocenters. The number of carboxylic acid groups (broad SMARTS) is 1. The summed E-state index contributed by atoms with van der Waals surface area (Å²) in [5, 5.41) is 11.1. The normalized spacial score (nSPS) is 10.2. The molecule has 1 rings (SSSR count). The highest BCUT2D eigenvalue weighted by Crippen LogP contribution is 1.98. The van der Waals surface area contributed by atoms with Gasteiger partial charge in [-0.15, -0.1) is 0 Å². The zero-order valence-electron chi connectivity index (χ0n) is 11.4. The molecular weight excluding hydrogens is 260 g/mol. The Morgan fingerprint density at radius 3 is 2.65 bits per heavy atom. The highest BCUT2D eigenvalue weighted by atomic mass is 16.4. The van der Waals surface area contributed by atoms with Crippen LogP contribution in [0.3, 0.4) is 0 Å². The monoisotopic (exact) mass is 280 g/mol. The number of pyridine rings is 1. The summed E-state index contributed by atoms with van der Waals surface area (Å²) in [5.74, 6) is -0.927. The highest BCUT2D eigenvalue weighted by Gasteiger charge is 2.02. The number of rotatable bonds is 9. The van der Waals surface area contributed by atoms with Crippen molar-refractivity contribution in [1.29, 1.82) is 0 Å². The van der Waals surface area contributed by atoms with Gasteiger partial charge >= 0.3 is 5.97 Å². The second-order valence-corrected chi connectivity index (χ2v) is 4.54. The molecule has 0 spiro atoms. The maximum atomic E-state index is 11.4. The van der Waals surface area contributed by atoms with Gasteiger partial charge in [0.1, 0.15) is 0 Å². The number of aromatic nitrogens is 1. The van der Waals surface area contributed by atoms with E-state index in [-0.39, 0.29) is 17.9 Å². The molecule has 20 heavy (non-hydrogen) atoms. The smallest absolute Gasteiger partial charge is 0.303 e. The van der Waals surface area contributed by atoms with E-state index >= 15 is 0 Å². The molecule has 1 aromatic heterocycles. The van der Waals surface area contributed by atoms with Gasteiger partial charge in [0.2, 0.25) is 11.5 Å². The number of amides is 1. The first kappa shape index (κ1) is 15.9. The first-order valence-corrected chi connectivity index (χ1v) is 6.73. The summed E-state index contributed by atoms with van der Waals surface area (Å²) in [4.78, 5) is 33.1. The number of nitrogens with zero attached hydrogens (tertiary/aromatic N) is 1. The van der Waals surface area contributed by atoms with Gasteiger partial charge < -0.3 is 15.0 Å². The summed E-state index contributed by atoms with van der Waals surface area (Å²) in [6.07, 6.45) is 4.10. The van der Waals surface area contributed by atoms with Crippen molar-refractivity contribution in [2.75, 3.05) is 6.54 Å². The number of carbonyl (C=O) groups excluding carboxylic acids is 1. The Hall–Kier alpha value is -2.11. The molecule has 0 aromatic carbocycles. The molecule has 0 aliphatic rings. The molecule has 0 aliphatic heterocycles. The van der Waals surface area contributed by atoms with Crippen molar-refractivity contribution in [3.8, 4) is 0 Å². The largest absolute Gasteiger partial charge is 0.481 e. The predicted molar refractivity (Wildman–Crippen MR) is 74.4 cm³/mol. The average molecular weight is 280 g/mol. The van der Waals surface area contributed by atoms with E-state index in [9.17, 15) is 14.4 Å². The van der Waals surface area contributed by atoms with Crippen LogP contribution in [0.4, 0.5) is 0 Å². The van der Waals surface area contributed by atoms with Gasteiger partial charge in [-0.05, 0) is 25.3 Å². The van der Waals surface area contributed by atoms with Gasteiger partial charge in [-0.3, -0.25) is 14.4 Å². The number of aryl methyl sites for hydroxylation is 1. The second kappa shape index (κ2) is 8.90. The molecule has 0 radical (unpaired) electrons. The summed E-state index contributed by atoms with van der Waals surface area (Å²) in [5.41, 5.74) is -0.0365. The number of carboxylic acids is 1. The lowest BCUT2D eigenvalue weighted by Gasteiger charge is -2.06. The van der Waals surface area contributed by atoms with Crippen LogP contribution in [0.5, 0.6) is 0 Å². The number of aliphatic carboxylic acids is 1. The molecule has 110 valence electrons. The van der Waals surface area contributed by atoms with Crippen LogP contribution in [0, 0.1) is 0 Å². The Morgan fingerprint density at radius 1 is 1.15 bits per heavy atom. The Morgan fingerprint density at radius 2 is 1.95 bits per heavy atom. The number of hydrogen-bond donors (Lipinski definition) is 2. The Kier molecular flexibility index (Phi) is 7.10. The molecule has 0 atom stereocenters. The number of hydrogen-bond acceptors (Lipinski definition) is 3. The van der Waals surface area contributed by atoms with E-state index in [0.717, 1.165) is 6.42 Å². The van der Waals surface area contributed by atoms with Crippen LogP contribution in [0.2, 0.25) is 0 Å². The quantitative estimate of drug-likeness (QED) is 0.660. The van der Waals surface area contributed by atoms with Crippen LogP contribution in [0.1, 0.15) is 32.1 Å².